The Kier molecular flexibility index (Phi) is 3.16. The van der Waals surface area contributed by atoms with Gasteiger partial charge in [0.2, 0.25) is 5.91 Å². The number of nitrogens with one attached hydrogen (secondary N) is 1. The molecule has 1 aromatic carbocycles. The van der Waals surface area contributed by atoms with E-state index in [-0.39, 0.29) is 5.91 Å². The average molecular weight is 245 g/mol. The van der Waals surface area contributed by atoms with Gasteiger partial charge in [-0.15, -0.1) is 0 Å². The van der Waals surface area contributed by atoms with Crippen LogP contribution in [0.15, 0.2) is 24.8 Å². The third-order valence-corrected chi connectivity index (χ3v) is 3.31. The lowest BCUT2D eigenvalue weighted by Gasteiger charge is -2.32. The first-order valence-corrected chi connectivity index (χ1v) is 6.13. The molecule has 1 aliphatic heterocycles. The standard InChI is InChI=1S/C15H19NO2/c1-5-8-18-12-7-6-10(2)13-11(12)9-15(3,4)14(17)16-13/h5-7H,1,8-9H2,2-4H3,(H,16,17). The number of carbonyl (C=O) groups is 1. The Hall–Kier alpha value is -1.77. The minimum absolute atomic E-state index is 0.0685. The van der Waals surface area contributed by atoms with Crippen LogP contribution in [0.5, 0.6) is 5.75 Å². The molecule has 0 aliphatic carbocycles. The van der Waals surface area contributed by atoms with Crippen molar-refractivity contribution in [2.75, 3.05) is 11.9 Å². The summed E-state index contributed by atoms with van der Waals surface area (Å²) in [5, 5.41) is 2.99. The maximum atomic E-state index is 12.0. The van der Waals surface area contributed by atoms with Crippen LogP contribution in [0, 0.1) is 12.3 Å². The topological polar surface area (TPSA) is 38.3 Å². The van der Waals surface area contributed by atoms with E-state index in [2.05, 4.69) is 11.9 Å². The van der Waals surface area contributed by atoms with Gasteiger partial charge >= 0.3 is 0 Å². The summed E-state index contributed by atoms with van der Waals surface area (Å²) in [5.74, 6) is 0.905. The summed E-state index contributed by atoms with van der Waals surface area (Å²) in [7, 11) is 0. The van der Waals surface area contributed by atoms with Crippen LogP contribution in [0.4, 0.5) is 5.69 Å². The Morgan fingerprint density at radius 2 is 2.22 bits per heavy atom. The van der Waals surface area contributed by atoms with Crippen LogP contribution in [0.2, 0.25) is 0 Å². The van der Waals surface area contributed by atoms with Gasteiger partial charge in [0.25, 0.3) is 0 Å². The molecule has 0 radical (unpaired) electrons. The maximum absolute atomic E-state index is 12.0. The fourth-order valence-electron chi connectivity index (χ4n) is 2.18. The van der Waals surface area contributed by atoms with Gasteiger partial charge in [0.05, 0.1) is 5.69 Å². The Balaban J connectivity index is 2.46. The van der Waals surface area contributed by atoms with Crippen LogP contribution in [-0.4, -0.2) is 12.5 Å². The van der Waals surface area contributed by atoms with Crippen molar-refractivity contribution in [1.29, 1.82) is 0 Å². The molecule has 18 heavy (non-hydrogen) atoms. The summed E-state index contributed by atoms with van der Waals surface area (Å²) >= 11 is 0. The molecule has 0 spiro atoms. The Labute approximate surface area is 108 Å². The smallest absolute Gasteiger partial charge is 0.230 e. The SMILES string of the molecule is C=CCOc1ccc(C)c2c1CC(C)(C)C(=O)N2. The Morgan fingerprint density at radius 3 is 2.89 bits per heavy atom. The number of carbonyl (C=O) groups excluding carboxylic acids is 1. The first kappa shape index (κ1) is 12.7. The predicted molar refractivity (Wildman–Crippen MR) is 73.0 cm³/mol. The summed E-state index contributed by atoms with van der Waals surface area (Å²) in [6.45, 7) is 10.0. The van der Waals surface area contributed by atoms with Crippen LogP contribution in [0.3, 0.4) is 0 Å². The highest BCUT2D eigenvalue weighted by Crippen LogP contribution is 2.40. The van der Waals surface area contributed by atoms with Crippen molar-refractivity contribution in [3.63, 3.8) is 0 Å². The van der Waals surface area contributed by atoms with E-state index >= 15 is 0 Å². The fraction of sp³-hybridized carbons (Fsp3) is 0.400. The molecule has 0 unspecified atom stereocenters. The lowest BCUT2D eigenvalue weighted by atomic mass is 9.80. The summed E-state index contributed by atoms with van der Waals surface area (Å²) in [4.78, 5) is 12.0. The second-order valence-corrected chi connectivity index (χ2v) is 5.35. The number of amides is 1. The third-order valence-electron chi connectivity index (χ3n) is 3.31. The van der Waals surface area contributed by atoms with E-state index in [0.29, 0.717) is 13.0 Å². The molecule has 1 heterocycles. The molecule has 1 N–H and O–H groups in total. The molecule has 0 aromatic heterocycles. The zero-order valence-corrected chi connectivity index (χ0v) is 11.2. The number of hydrogen-bond acceptors (Lipinski definition) is 2. The molecule has 3 heteroatoms. The molecule has 1 amide bonds. The predicted octanol–water partition coefficient (Wildman–Crippen LogP) is 3.08. The first-order valence-electron chi connectivity index (χ1n) is 6.13. The van der Waals surface area contributed by atoms with Crippen LogP contribution in [-0.2, 0) is 11.2 Å². The fourth-order valence-corrected chi connectivity index (χ4v) is 2.18. The summed E-state index contributed by atoms with van der Waals surface area (Å²) < 4.78 is 5.67. The molecule has 0 saturated carbocycles. The van der Waals surface area contributed by atoms with Gasteiger partial charge < -0.3 is 10.1 Å². The zero-order chi connectivity index (χ0) is 13.3. The number of anilines is 1. The van der Waals surface area contributed by atoms with Crippen LogP contribution in [0.25, 0.3) is 0 Å². The summed E-state index contributed by atoms with van der Waals surface area (Å²) in [5.41, 5.74) is 2.66. The lowest BCUT2D eigenvalue weighted by Crippen LogP contribution is -2.37. The second-order valence-electron chi connectivity index (χ2n) is 5.35. The third kappa shape index (κ3) is 2.13. The van der Waals surface area contributed by atoms with E-state index in [1.165, 1.54) is 0 Å². The van der Waals surface area contributed by atoms with Crippen molar-refractivity contribution in [2.24, 2.45) is 5.41 Å². The lowest BCUT2D eigenvalue weighted by molar-refractivity contribution is -0.124. The van der Waals surface area contributed by atoms with Gasteiger partial charge in [-0.2, -0.15) is 0 Å². The minimum Gasteiger partial charge on any atom is -0.489 e. The number of benzene rings is 1. The van der Waals surface area contributed by atoms with Gasteiger partial charge in [0, 0.05) is 11.0 Å². The maximum Gasteiger partial charge on any atom is 0.230 e. The quantitative estimate of drug-likeness (QED) is 0.831. The largest absolute Gasteiger partial charge is 0.489 e. The number of rotatable bonds is 3. The number of aryl methyl sites for hydroxylation is 1. The van der Waals surface area contributed by atoms with Crippen molar-refractivity contribution in [1.82, 2.24) is 0 Å². The van der Waals surface area contributed by atoms with Crippen molar-refractivity contribution >= 4 is 11.6 Å². The van der Waals surface area contributed by atoms with E-state index in [4.69, 9.17) is 4.74 Å². The Bertz CT molecular complexity index is 503. The van der Waals surface area contributed by atoms with Gasteiger partial charge in [-0.05, 0) is 25.0 Å². The van der Waals surface area contributed by atoms with Gasteiger partial charge in [0.15, 0.2) is 0 Å². The van der Waals surface area contributed by atoms with E-state index < -0.39 is 5.41 Å². The van der Waals surface area contributed by atoms with Crippen molar-refractivity contribution in [3.05, 3.63) is 35.9 Å². The molecule has 0 bridgehead atoms. The van der Waals surface area contributed by atoms with Gasteiger partial charge in [-0.1, -0.05) is 32.6 Å². The van der Waals surface area contributed by atoms with Crippen molar-refractivity contribution < 1.29 is 9.53 Å². The molecular formula is C15H19NO2. The molecule has 96 valence electrons. The highest BCUT2D eigenvalue weighted by molar-refractivity contribution is 5.99. The highest BCUT2D eigenvalue weighted by Gasteiger charge is 2.35. The minimum atomic E-state index is -0.396. The molecule has 0 atom stereocenters. The monoisotopic (exact) mass is 245 g/mol. The molecule has 3 nitrogen and oxygen atoms in total. The normalized spacial score (nSPS) is 16.7. The van der Waals surface area contributed by atoms with Crippen LogP contribution < -0.4 is 10.1 Å². The number of fused-ring (bicyclic) bond motifs is 1. The van der Waals surface area contributed by atoms with Gasteiger partial charge in [-0.3, -0.25) is 4.79 Å². The number of hydrogen-bond donors (Lipinski definition) is 1. The molecule has 0 saturated heterocycles. The average Bonchev–Trinajstić information content (AvgIpc) is 2.31. The highest BCUT2D eigenvalue weighted by atomic mass is 16.5. The van der Waals surface area contributed by atoms with E-state index in [1.807, 2.05) is 32.9 Å². The van der Waals surface area contributed by atoms with Crippen LogP contribution >= 0.6 is 0 Å². The first-order chi connectivity index (χ1) is 8.45. The van der Waals surface area contributed by atoms with Crippen LogP contribution in [0.1, 0.15) is 25.0 Å². The molecule has 1 aliphatic rings. The van der Waals surface area contributed by atoms with Gasteiger partial charge in [0.1, 0.15) is 12.4 Å². The molecular weight excluding hydrogens is 226 g/mol. The summed E-state index contributed by atoms with van der Waals surface area (Å²) in [6, 6.07) is 3.93. The zero-order valence-electron chi connectivity index (χ0n) is 11.2. The van der Waals surface area contributed by atoms with Crippen molar-refractivity contribution in [2.45, 2.75) is 27.2 Å². The van der Waals surface area contributed by atoms with Crippen molar-refractivity contribution in [3.8, 4) is 5.75 Å². The molecule has 2 rings (SSSR count). The number of ether oxygens (including phenoxy) is 1. The second kappa shape index (κ2) is 4.48. The molecule has 1 aromatic rings. The van der Waals surface area contributed by atoms with E-state index in [0.717, 1.165) is 22.6 Å². The van der Waals surface area contributed by atoms with Gasteiger partial charge in [-0.25, -0.2) is 0 Å². The Morgan fingerprint density at radius 1 is 1.50 bits per heavy atom. The van der Waals surface area contributed by atoms with E-state index in [1.54, 1.807) is 6.08 Å². The summed E-state index contributed by atoms with van der Waals surface area (Å²) in [6.07, 6.45) is 2.42. The molecule has 0 fully saturated rings. The van der Waals surface area contributed by atoms with E-state index in [9.17, 15) is 4.79 Å².